The van der Waals surface area contributed by atoms with Crippen LogP contribution >= 0.6 is 11.6 Å². The predicted octanol–water partition coefficient (Wildman–Crippen LogP) is 6.78. The molecule has 7 rings (SSSR count). The minimum Gasteiger partial charge on any atom is -0.463 e. The number of amides is 1. The number of benzene rings is 1. The first-order valence-corrected chi connectivity index (χ1v) is 16.9. The molecule has 0 radical (unpaired) electrons. The average Bonchev–Trinajstić information content (AvgIpc) is 3.57. The van der Waals surface area contributed by atoms with Crippen molar-refractivity contribution in [1.29, 1.82) is 0 Å². The van der Waals surface area contributed by atoms with Crippen LogP contribution in [0.2, 0.25) is 5.02 Å². The van der Waals surface area contributed by atoms with Gasteiger partial charge in [-0.25, -0.2) is 9.37 Å². The Bertz CT molecular complexity index is 1840. The van der Waals surface area contributed by atoms with Gasteiger partial charge in [0.1, 0.15) is 17.2 Å². The van der Waals surface area contributed by atoms with Crippen molar-refractivity contribution in [3.63, 3.8) is 0 Å². The quantitative estimate of drug-likeness (QED) is 0.287. The van der Waals surface area contributed by atoms with Crippen molar-refractivity contribution in [3.05, 3.63) is 34.1 Å². The average molecular weight is 730 g/mol. The molecule has 2 bridgehead atoms. The molecule has 270 valence electrons. The number of anilines is 2. The summed E-state index contributed by atoms with van der Waals surface area (Å²) >= 11 is 6.57. The number of aromatic nitrogens is 3. The predicted molar refractivity (Wildman–Crippen MR) is 171 cm³/mol. The molecule has 2 aromatic heterocycles. The summed E-state index contributed by atoms with van der Waals surface area (Å²) in [5.41, 5.74) is 2.24. The van der Waals surface area contributed by atoms with Crippen molar-refractivity contribution < 1.29 is 40.3 Å². The molecule has 50 heavy (non-hydrogen) atoms. The Hall–Kier alpha value is -3.66. The first-order valence-electron chi connectivity index (χ1n) is 16.5. The normalized spacial score (nSPS) is 25.8. The van der Waals surface area contributed by atoms with E-state index in [-0.39, 0.29) is 59.7 Å². The van der Waals surface area contributed by atoms with Crippen LogP contribution in [0.3, 0.4) is 0 Å². The minimum atomic E-state index is -5.05. The first kappa shape index (κ1) is 34.8. The number of nitrogens with two attached hydrogens (primary N) is 1. The van der Waals surface area contributed by atoms with Gasteiger partial charge in [0.15, 0.2) is 5.82 Å². The van der Waals surface area contributed by atoms with E-state index in [1.807, 2.05) is 0 Å². The highest BCUT2D eigenvalue weighted by Gasteiger charge is 2.52. The zero-order valence-electron chi connectivity index (χ0n) is 27.3. The van der Waals surface area contributed by atoms with E-state index in [0.717, 1.165) is 49.6 Å². The third-order valence-corrected chi connectivity index (χ3v) is 11.2. The summed E-state index contributed by atoms with van der Waals surface area (Å²) in [6, 6.07) is 0.671. The molecule has 1 aliphatic carbocycles. The number of ether oxygens (including phenoxy) is 1. The summed E-state index contributed by atoms with van der Waals surface area (Å²) in [5, 5.41) is -0.412. The Morgan fingerprint density at radius 3 is 2.38 bits per heavy atom. The zero-order chi connectivity index (χ0) is 35.9. The van der Waals surface area contributed by atoms with Gasteiger partial charge in [-0.2, -0.15) is 36.3 Å². The number of nitrogen functional groups attached to an aromatic ring is 1. The van der Waals surface area contributed by atoms with Gasteiger partial charge < -0.3 is 25.2 Å². The fraction of sp³-hybridized carbons (Fsp3) is 0.576. The number of piperidine rings is 1. The van der Waals surface area contributed by atoms with Crippen molar-refractivity contribution in [1.82, 2.24) is 24.8 Å². The Balaban J connectivity index is 1.35. The van der Waals surface area contributed by atoms with E-state index >= 15 is 4.39 Å². The monoisotopic (exact) mass is 729 g/mol. The molecule has 17 heteroatoms. The van der Waals surface area contributed by atoms with Crippen molar-refractivity contribution >= 4 is 40.0 Å². The maximum Gasteiger partial charge on any atom is 0.471 e. The van der Waals surface area contributed by atoms with E-state index in [1.165, 1.54) is 13.0 Å². The molecule has 3 aliphatic heterocycles. The first-order chi connectivity index (χ1) is 23.5. The molecule has 4 unspecified atom stereocenters. The number of nitrogens with zero attached hydrogens (tertiary/aromatic N) is 6. The van der Waals surface area contributed by atoms with Crippen molar-refractivity contribution in [2.75, 3.05) is 43.9 Å². The molecule has 1 aromatic carbocycles. The topological polar surface area (TPSA) is 101 Å². The van der Waals surface area contributed by atoms with Crippen LogP contribution in [-0.4, -0.2) is 88.2 Å². The maximum atomic E-state index is 16.8. The second-order valence-electron chi connectivity index (χ2n) is 14.0. The van der Waals surface area contributed by atoms with Gasteiger partial charge in [-0.05, 0) is 76.7 Å². The minimum absolute atomic E-state index is 0.0158. The van der Waals surface area contributed by atoms with Crippen LogP contribution in [0.5, 0.6) is 6.01 Å². The Kier molecular flexibility index (Phi) is 8.51. The molecular formula is C33H35ClF7N7O2. The third kappa shape index (κ3) is 5.85. The van der Waals surface area contributed by atoms with Gasteiger partial charge >= 0.3 is 24.3 Å². The fourth-order valence-corrected chi connectivity index (χ4v) is 9.14. The summed E-state index contributed by atoms with van der Waals surface area (Å²) in [6.07, 6.45) is -4.63. The van der Waals surface area contributed by atoms with Crippen LogP contribution in [0.25, 0.3) is 22.2 Å². The zero-order valence-corrected chi connectivity index (χ0v) is 28.0. The molecule has 4 atom stereocenters. The summed E-state index contributed by atoms with van der Waals surface area (Å²) in [5.74, 6) is -3.33. The number of carbonyl (C=O) groups excluding carboxylic acids is 1. The van der Waals surface area contributed by atoms with Crippen molar-refractivity contribution in [2.24, 2.45) is 5.41 Å². The molecule has 1 amide bonds. The Morgan fingerprint density at radius 1 is 1.04 bits per heavy atom. The fourth-order valence-electron chi connectivity index (χ4n) is 8.86. The maximum absolute atomic E-state index is 16.8. The lowest BCUT2D eigenvalue weighted by Gasteiger charge is -2.44. The molecular weight excluding hydrogens is 695 g/mol. The molecule has 4 aliphatic rings. The number of pyridine rings is 1. The molecule has 4 fully saturated rings. The smallest absolute Gasteiger partial charge is 0.463 e. The lowest BCUT2D eigenvalue weighted by molar-refractivity contribution is -0.188. The second kappa shape index (κ2) is 12.2. The molecule has 3 aromatic rings. The van der Waals surface area contributed by atoms with E-state index in [2.05, 4.69) is 26.9 Å². The highest BCUT2D eigenvalue weighted by atomic mass is 35.5. The lowest BCUT2D eigenvalue weighted by atomic mass is 9.76. The summed E-state index contributed by atoms with van der Waals surface area (Å²) in [6.45, 7) is 2.22. The van der Waals surface area contributed by atoms with Gasteiger partial charge in [0.2, 0.25) is 0 Å². The van der Waals surface area contributed by atoms with Crippen LogP contribution in [0.15, 0.2) is 12.1 Å². The van der Waals surface area contributed by atoms with Gasteiger partial charge in [0.05, 0.1) is 40.5 Å². The van der Waals surface area contributed by atoms with Gasteiger partial charge in [-0.1, -0.05) is 18.0 Å². The van der Waals surface area contributed by atoms with E-state index in [0.29, 0.717) is 12.8 Å². The van der Waals surface area contributed by atoms with E-state index in [9.17, 15) is 31.1 Å². The van der Waals surface area contributed by atoms with Crippen LogP contribution < -0.4 is 15.4 Å². The van der Waals surface area contributed by atoms with Gasteiger partial charge in [0.25, 0.3) is 0 Å². The van der Waals surface area contributed by atoms with Crippen LogP contribution in [0.1, 0.15) is 56.1 Å². The molecule has 2 N–H and O–H groups in total. The number of likely N-dealkylation sites (tertiary alicyclic amines) is 1. The molecule has 9 nitrogen and oxygen atoms in total. The SMILES string of the molecule is Cc1cc(N)nc(-c2c(Cl)cc3c(N4CC5CCC(C4)N5C(=O)C(F)(F)F)nc(OCC45CCCC4N(C)CCC5)nc3c2F)c1C(F)(F)F. The number of fused-ring (bicyclic) bond motifs is 4. The molecule has 3 saturated heterocycles. The summed E-state index contributed by atoms with van der Waals surface area (Å²) in [4.78, 5) is 30.0. The van der Waals surface area contributed by atoms with Crippen LogP contribution in [0.4, 0.5) is 42.4 Å². The number of alkyl halides is 6. The number of rotatable bonds is 5. The molecule has 0 spiro atoms. The van der Waals surface area contributed by atoms with Crippen LogP contribution in [0, 0.1) is 18.2 Å². The largest absolute Gasteiger partial charge is 0.471 e. The number of piperazine rings is 1. The standard InChI is InChI=1S/C33H35ClF7N7O2/c1-16-11-22(42)43-27(24(16)32(36,37)38)23-20(34)12-19-26(25(23)35)44-30(50-15-31-8-3-5-21(31)46(2)10-4-9-31)45-28(19)47-13-17-6-7-18(14-47)48(17)29(49)33(39,40)41/h11-12,17-18,21H,3-10,13-15H2,1-2H3,(H2,42,43). The van der Waals surface area contributed by atoms with E-state index in [4.69, 9.17) is 22.1 Å². The summed E-state index contributed by atoms with van der Waals surface area (Å²) in [7, 11) is 2.06. The highest BCUT2D eigenvalue weighted by molar-refractivity contribution is 6.34. The van der Waals surface area contributed by atoms with Gasteiger partial charge in [0, 0.05) is 29.9 Å². The van der Waals surface area contributed by atoms with Crippen LogP contribution in [-0.2, 0) is 11.0 Å². The third-order valence-electron chi connectivity index (χ3n) is 10.9. The molecule has 1 saturated carbocycles. The second-order valence-corrected chi connectivity index (χ2v) is 14.4. The highest BCUT2D eigenvalue weighted by Crippen LogP contribution is 2.49. The number of hydrogen-bond donors (Lipinski definition) is 1. The Labute approximate surface area is 287 Å². The summed E-state index contributed by atoms with van der Waals surface area (Å²) < 4.78 is 106. The number of halogens is 8. The van der Waals surface area contributed by atoms with Gasteiger partial charge in [-0.15, -0.1) is 0 Å². The number of aryl methyl sites for hydroxylation is 1. The van der Waals surface area contributed by atoms with E-state index < -0.39 is 63.5 Å². The van der Waals surface area contributed by atoms with E-state index in [1.54, 1.807) is 4.90 Å². The Morgan fingerprint density at radius 2 is 1.72 bits per heavy atom. The van der Waals surface area contributed by atoms with Gasteiger partial charge in [-0.3, -0.25) is 4.79 Å². The lowest BCUT2D eigenvalue weighted by Crippen LogP contribution is -2.59. The van der Waals surface area contributed by atoms with Crippen molar-refractivity contribution in [2.45, 2.75) is 82.3 Å². The van der Waals surface area contributed by atoms with Crippen molar-refractivity contribution in [3.8, 4) is 17.3 Å². The molecule has 5 heterocycles. The number of hydrogen-bond acceptors (Lipinski definition) is 8. The number of carbonyl (C=O) groups is 1.